The van der Waals surface area contributed by atoms with Gasteiger partial charge in [-0.15, -0.1) is 0 Å². The van der Waals surface area contributed by atoms with E-state index in [1.165, 1.54) is 11.1 Å². The van der Waals surface area contributed by atoms with Crippen LogP contribution in [-0.2, 0) is 16.6 Å². The van der Waals surface area contributed by atoms with Crippen molar-refractivity contribution in [2.24, 2.45) is 0 Å². The molecule has 3 rings (SSSR count). The molecular formula is C18H21N3O2S. The van der Waals surface area contributed by atoms with E-state index in [2.05, 4.69) is 47.0 Å². The Balaban J connectivity index is 2.10. The number of sulfonamides is 1. The molecular weight excluding hydrogens is 322 g/mol. The molecule has 0 spiro atoms. The van der Waals surface area contributed by atoms with Crippen LogP contribution in [0.15, 0.2) is 36.7 Å². The number of hydrogen-bond acceptors (Lipinski definition) is 3. The third-order valence-corrected chi connectivity index (χ3v) is 4.77. The molecule has 0 saturated heterocycles. The van der Waals surface area contributed by atoms with Crippen molar-refractivity contribution in [3.8, 4) is 0 Å². The van der Waals surface area contributed by atoms with Gasteiger partial charge in [-0.25, -0.2) is 13.4 Å². The number of rotatable bonds is 4. The van der Waals surface area contributed by atoms with E-state index in [-0.39, 0.29) is 0 Å². The molecule has 2 aromatic carbocycles. The second kappa shape index (κ2) is 5.94. The molecule has 0 atom stereocenters. The van der Waals surface area contributed by atoms with Crippen molar-refractivity contribution in [3.63, 3.8) is 0 Å². The highest BCUT2D eigenvalue weighted by Crippen LogP contribution is 2.30. The zero-order chi connectivity index (χ0) is 17.5. The number of fused-ring (bicyclic) bond motifs is 1. The van der Waals surface area contributed by atoms with Gasteiger partial charge in [0.15, 0.2) is 0 Å². The molecule has 0 saturated carbocycles. The van der Waals surface area contributed by atoms with Gasteiger partial charge in [-0.2, -0.15) is 0 Å². The predicted octanol–water partition coefficient (Wildman–Crippen LogP) is 3.38. The third kappa shape index (κ3) is 3.28. The van der Waals surface area contributed by atoms with Gasteiger partial charge in [0.2, 0.25) is 10.0 Å². The van der Waals surface area contributed by atoms with E-state index in [0.717, 1.165) is 22.9 Å². The zero-order valence-corrected chi connectivity index (χ0v) is 15.1. The molecule has 1 aromatic heterocycles. The number of aryl methyl sites for hydroxylation is 2. The van der Waals surface area contributed by atoms with Crippen molar-refractivity contribution in [2.45, 2.75) is 27.3 Å². The summed E-state index contributed by atoms with van der Waals surface area (Å²) in [5.41, 5.74) is 6.49. The Hall–Kier alpha value is -2.34. The van der Waals surface area contributed by atoms with Crippen molar-refractivity contribution in [1.82, 2.24) is 9.55 Å². The lowest BCUT2D eigenvalue weighted by molar-refractivity contribution is 0.607. The summed E-state index contributed by atoms with van der Waals surface area (Å²) >= 11 is 0. The summed E-state index contributed by atoms with van der Waals surface area (Å²) in [5, 5.41) is 0. The van der Waals surface area contributed by atoms with Crippen molar-refractivity contribution < 1.29 is 8.42 Å². The molecule has 126 valence electrons. The van der Waals surface area contributed by atoms with Crippen LogP contribution in [-0.4, -0.2) is 24.2 Å². The summed E-state index contributed by atoms with van der Waals surface area (Å²) in [6.45, 7) is 6.63. The second-order valence-corrected chi connectivity index (χ2v) is 8.04. The number of anilines is 1. The lowest BCUT2D eigenvalue weighted by Gasteiger charge is -2.12. The Morgan fingerprint density at radius 3 is 2.42 bits per heavy atom. The number of benzene rings is 2. The van der Waals surface area contributed by atoms with E-state index < -0.39 is 10.0 Å². The Kier molecular flexibility index (Phi) is 4.09. The van der Waals surface area contributed by atoms with Gasteiger partial charge in [-0.05, 0) is 43.5 Å². The molecule has 5 nitrogen and oxygen atoms in total. The minimum atomic E-state index is -3.36. The molecule has 0 amide bonds. The molecule has 0 aliphatic carbocycles. The van der Waals surface area contributed by atoms with Crippen molar-refractivity contribution >= 4 is 26.7 Å². The van der Waals surface area contributed by atoms with Crippen LogP contribution in [0.3, 0.4) is 0 Å². The minimum absolute atomic E-state index is 0.565. The summed E-state index contributed by atoms with van der Waals surface area (Å²) in [4.78, 5) is 4.45. The van der Waals surface area contributed by atoms with Crippen LogP contribution in [0.25, 0.3) is 11.0 Å². The van der Waals surface area contributed by atoms with Crippen molar-refractivity contribution in [2.75, 3.05) is 11.0 Å². The smallest absolute Gasteiger partial charge is 0.229 e. The number of nitrogens with zero attached hydrogens (tertiary/aromatic N) is 2. The Morgan fingerprint density at radius 1 is 1.12 bits per heavy atom. The minimum Gasteiger partial charge on any atom is -0.326 e. The Morgan fingerprint density at radius 2 is 1.79 bits per heavy atom. The SMILES string of the molecule is Cc1ccc(Cn2cnc3c(NS(C)(=O)=O)c(C)c(C)cc32)cc1. The fourth-order valence-corrected chi connectivity index (χ4v) is 3.37. The molecule has 0 bridgehead atoms. The largest absolute Gasteiger partial charge is 0.326 e. The lowest BCUT2D eigenvalue weighted by Crippen LogP contribution is -2.11. The van der Waals surface area contributed by atoms with E-state index in [1.807, 2.05) is 18.4 Å². The fourth-order valence-electron chi connectivity index (χ4n) is 2.75. The second-order valence-electron chi connectivity index (χ2n) is 6.29. The Bertz CT molecular complexity index is 1000. The first-order valence-corrected chi connectivity index (χ1v) is 9.62. The molecule has 0 fully saturated rings. The molecule has 1 N–H and O–H groups in total. The van der Waals surface area contributed by atoms with Gasteiger partial charge in [0.05, 0.1) is 23.8 Å². The van der Waals surface area contributed by atoms with Crippen molar-refractivity contribution in [3.05, 3.63) is 58.9 Å². The topological polar surface area (TPSA) is 64.0 Å². The highest BCUT2D eigenvalue weighted by Gasteiger charge is 2.15. The van der Waals surface area contributed by atoms with Crippen LogP contribution in [0.4, 0.5) is 5.69 Å². The summed E-state index contributed by atoms with van der Waals surface area (Å²) in [6.07, 6.45) is 2.92. The first-order chi connectivity index (χ1) is 11.2. The van der Waals surface area contributed by atoms with E-state index in [0.29, 0.717) is 17.7 Å². The van der Waals surface area contributed by atoms with E-state index in [9.17, 15) is 8.42 Å². The van der Waals surface area contributed by atoms with Crippen LogP contribution < -0.4 is 4.72 Å². The summed E-state index contributed by atoms with van der Waals surface area (Å²) < 4.78 is 28.0. The zero-order valence-electron chi connectivity index (χ0n) is 14.3. The van der Waals surface area contributed by atoms with Crippen LogP contribution >= 0.6 is 0 Å². The average Bonchev–Trinajstić information content (AvgIpc) is 2.88. The molecule has 1 heterocycles. The highest BCUT2D eigenvalue weighted by molar-refractivity contribution is 7.92. The number of imidazole rings is 1. The van der Waals surface area contributed by atoms with E-state index in [4.69, 9.17) is 0 Å². The average molecular weight is 343 g/mol. The summed E-state index contributed by atoms with van der Waals surface area (Å²) in [6, 6.07) is 10.4. The van der Waals surface area contributed by atoms with Crippen LogP contribution in [0.5, 0.6) is 0 Å². The Labute approximate surface area is 142 Å². The van der Waals surface area contributed by atoms with Gasteiger partial charge in [0.25, 0.3) is 0 Å². The van der Waals surface area contributed by atoms with E-state index >= 15 is 0 Å². The summed E-state index contributed by atoms with van der Waals surface area (Å²) in [5.74, 6) is 0. The first kappa shape index (κ1) is 16.5. The van der Waals surface area contributed by atoms with Gasteiger partial charge in [-0.3, -0.25) is 4.72 Å². The van der Waals surface area contributed by atoms with Crippen molar-refractivity contribution in [1.29, 1.82) is 0 Å². The van der Waals surface area contributed by atoms with Crippen LogP contribution in [0.1, 0.15) is 22.3 Å². The number of aromatic nitrogens is 2. The molecule has 0 aliphatic heterocycles. The maximum Gasteiger partial charge on any atom is 0.229 e. The third-order valence-electron chi connectivity index (χ3n) is 4.20. The predicted molar refractivity (Wildman–Crippen MR) is 98.0 cm³/mol. The first-order valence-electron chi connectivity index (χ1n) is 7.73. The maximum absolute atomic E-state index is 11.7. The molecule has 0 unspecified atom stereocenters. The monoisotopic (exact) mass is 343 g/mol. The summed E-state index contributed by atoms with van der Waals surface area (Å²) in [7, 11) is -3.36. The van der Waals surface area contributed by atoms with E-state index in [1.54, 1.807) is 6.33 Å². The molecule has 0 radical (unpaired) electrons. The van der Waals surface area contributed by atoms with Gasteiger partial charge < -0.3 is 4.57 Å². The molecule has 6 heteroatoms. The van der Waals surface area contributed by atoms with Gasteiger partial charge in [-0.1, -0.05) is 29.8 Å². The van der Waals surface area contributed by atoms with Gasteiger partial charge >= 0.3 is 0 Å². The number of hydrogen-bond donors (Lipinski definition) is 1. The normalized spacial score (nSPS) is 11.8. The molecule has 3 aromatic rings. The van der Waals surface area contributed by atoms with Gasteiger partial charge in [0.1, 0.15) is 5.52 Å². The quantitative estimate of drug-likeness (QED) is 0.790. The standard InChI is InChI=1S/C18H21N3O2S/c1-12-5-7-15(8-6-12)10-21-11-19-18-16(21)9-13(2)14(3)17(18)20-24(4,22)23/h5-9,11,20H,10H2,1-4H3. The highest BCUT2D eigenvalue weighted by atomic mass is 32.2. The van der Waals surface area contributed by atoms with Crippen LogP contribution in [0.2, 0.25) is 0 Å². The number of nitrogens with one attached hydrogen (secondary N) is 1. The molecule has 0 aliphatic rings. The maximum atomic E-state index is 11.7. The molecule has 24 heavy (non-hydrogen) atoms. The van der Waals surface area contributed by atoms with Crippen LogP contribution in [0, 0.1) is 20.8 Å². The van der Waals surface area contributed by atoms with Gasteiger partial charge in [0, 0.05) is 6.54 Å². The lowest BCUT2D eigenvalue weighted by atomic mass is 10.1. The fraction of sp³-hybridized carbons (Fsp3) is 0.278.